The van der Waals surface area contributed by atoms with Gasteiger partial charge in [-0.2, -0.15) is 0 Å². The molecule has 3 nitrogen and oxygen atoms in total. The smallest absolute Gasteiger partial charge is 0.150 e. The normalized spacial score (nSPS) is 24.0. The van der Waals surface area contributed by atoms with E-state index >= 15 is 0 Å². The highest BCUT2D eigenvalue weighted by Gasteiger charge is 2.47. The molecule has 5 rings (SSSR count). The summed E-state index contributed by atoms with van der Waals surface area (Å²) in [6.45, 7) is 2.19. The van der Waals surface area contributed by atoms with Gasteiger partial charge in [-0.1, -0.05) is 55.5 Å². The van der Waals surface area contributed by atoms with Gasteiger partial charge in [0.2, 0.25) is 0 Å². The lowest BCUT2D eigenvalue weighted by atomic mass is 9.93. The van der Waals surface area contributed by atoms with Gasteiger partial charge in [0.25, 0.3) is 0 Å². The molecule has 0 radical (unpaired) electrons. The Labute approximate surface area is 141 Å². The molecule has 3 aromatic rings. The first-order valence-electron chi connectivity index (χ1n) is 8.62. The minimum atomic E-state index is -0.270. The Balaban J connectivity index is 1.63. The molecule has 24 heavy (non-hydrogen) atoms. The summed E-state index contributed by atoms with van der Waals surface area (Å²) < 4.78 is 6.54. The maximum absolute atomic E-state index is 6.54. The zero-order chi connectivity index (χ0) is 16.1. The van der Waals surface area contributed by atoms with Gasteiger partial charge in [-0.25, -0.2) is 0 Å². The van der Waals surface area contributed by atoms with Crippen LogP contribution < -0.4 is 15.4 Å². The third kappa shape index (κ3) is 1.84. The monoisotopic (exact) mass is 316 g/mol. The van der Waals surface area contributed by atoms with Crippen LogP contribution in [0.4, 0.5) is 11.4 Å². The molecule has 120 valence electrons. The summed E-state index contributed by atoms with van der Waals surface area (Å²) in [7, 11) is 0. The van der Waals surface area contributed by atoms with Crippen molar-refractivity contribution in [3.05, 3.63) is 66.2 Å². The third-order valence-corrected chi connectivity index (χ3v) is 5.26. The summed E-state index contributed by atoms with van der Waals surface area (Å²) in [5, 5.41) is 9.87. The Kier molecular flexibility index (Phi) is 2.81. The van der Waals surface area contributed by atoms with Crippen molar-refractivity contribution < 1.29 is 4.74 Å². The van der Waals surface area contributed by atoms with E-state index in [1.54, 1.807) is 0 Å². The van der Waals surface area contributed by atoms with E-state index in [0.717, 1.165) is 24.3 Å². The SMILES string of the molecule is CCC1Oc2c(ccc3ccccc23)NC12Cc1ccccc1N2. The second-order valence-electron chi connectivity index (χ2n) is 6.73. The lowest BCUT2D eigenvalue weighted by Crippen LogP contribution is -2.58. The number of rotatable bonds is 1. The van der Waals surface area contributed by atoms with E-state index in [1.165, 1.54) is 22.0 Å². The van der Waals surface area contributed by atoms with Crippen LogP contribution in [0.1, 0.15) is 18.9 Å². The van der Waals surface area contributed by atoms with Gasteiger partial charge in [-0.05, 0) is 29.5 Å². The van der Waals surface area contributed by atoms with Crippen LogP contribution in [0.15, 0.2) is 60.7 Å². The van der Waals surface area contributed by atoms with Crippen LogP contribution in [0.5, 0.6) is 5.75 Å². The second kappa shape index (κ2) is 4.91. The summed E-state index contributed by atoms with van der Waals surface area (Å²) in [4.78, 5) is 0. The van der Waals surface area contributed by atoms with Crippen molar-refractivity contribution in [2.45, 2.75) is 31.5 Å². The summed E-state index contributed by atoms with van der Waals surface area (Å²) in [5.74, 6) is 0.975. The third-order valence-electron chi connectivity index (χ3n) is 5.26. The highest BCUT2D eigenvalue weighted by molar-refractivity contribution is 5.94. The first kappa shape index (κ1) is 13.7. The maximum Gasteiger partial charge on any atom is 0.150 e. The number of nitrogens with one attached hydrogen (secondary N) is 2. The molecule has 0 aliphatic carbocycles. The predicted octanol–water partition coefficient (Wildman–Crippen LogP) is 4.79. The predicted molar refractivity (Wildman–Crippen MR) is 98.8 cm³/mol. The zero-order valence-electron chi connectivity index (χ0n) is 13.7. The molecule has 2 aliphatic rings. The fourth-order valence-corrected chi connectivity index (χ4v) is 4.11. The Bertz CT molecular complexity index is 909. The number of ether oxygens (including phenoxy) is 1. The summed E-state index contributed by atoms with van der Waals surface area (Å²) in [6, 6.07) is 21.2. The van der Waals surface area contributed by atoms with Gasteiger partial charge in [0.15, 0.2) is 11.4 Å². The Hall–Kier alpha value is -2.68. The minimum Gasteiger partial charge on any atom is -0.483 e. The van der Waals surface area contributed by atoms with Crippen molar-refractivity contribution in [3.63, 3.8) is 0 Å². The zero-order valence-corrected chi connectivity index (χ0v) is 13.7. The molecule has 2 atom stereocenters. The quantitative estimate of drug-likeness (QED) is 0.677. The average molecular weight is 316 g/mol. The molecule has 0 saturated carbocycles. The molecule has 0 amide bonds. The lowest BCUT2D eigenvalue weighted by molar-refractivity contribution is 0.125. The largest absolute Gasteiger partial charge is 0.483 e. The molecule has 0 fully saturated rings. The molecule has 0 saturated heterocycles. The molecule has 2 heterocycles. The highest BCUT2D eigenvalue weighted by Crippen LogP contribution is 2.46. The van der Waals surface area contributed by atoms with Crippen molar-refractivity contribution in [3.8, 4) is 5.75 Å². The molecular formula is C21H20N2O. The summed E-state index contributed by atoms with van der Waals surface area (Å²) in [5.41, 5.74) is 3.35. The molecule has 2 aliphatic heterocycles. The van der Waals surface area contributed by atoms with Crippen LogP contribution >= 0.6 is 0 Å². The number of fused-ring (bicyclic) bond motifs is 4. The van der Waals surface area contributed by atoms with Crippen molar-refractivity contribution >= 4 is 22.1 Å². The highest BCUT2D eigenvalue weighted by atomic mass is 16.5. The molecule has 2 N–H and O–H groups in total. The molecule has 3 aromatic carbocycles. The van der Waals surface area contributed by atoms with Gasteiger partial charge >= 0.3 is 0 Å². The van der Waals surface area contributed by atoms with Gasteiger partial charge in [0.05, 0.1) is 5.69 Å². The molecular weight excluding hydrogens is 296 g/mol. The van der Waals surface area contributed by atoms with Gasteiger partial charge < -0.3 is 15.4 Å². The van der Waals surface area contributed by atoms with Crippen molar-refractivity contribution in [2.24, 2.45) is 0 Å². The van der Waals surface area contributed by atoms with Crippen LogP contribution in [0, 0.1) is 0 Å². The van der Waals surface area contributed by atoms with E-state index in [0.29, 0.717) is 0 Å². The lowest BCUT2D eigenvalue weighted by Gasteiger charge is -2.44. The fraction of sp³-hybridized carbons (Fsp3) is 0.238. The second-order valence-corrected chi connectivity index (χ2v) is 6.73. The van der Waals surface area contributed by atoms with E-state index < -0.39 is 0 Å². The maximum atomic E-state index is 6.54. The molecule has 0 bridgehead atoms. The summed E-state index contributed by atoms with van der Waals surface area (Å²) in [6.07, 6.45) is 1.94. The average Bonchev–Trinajstić information content (AvgIpc) is 2.99. The van der Waals surface area contributed by atoms with Crippen LogP contribution in [0.2, 0.25) is 0 Å². The van der Waals surface area contributed by atoms with Gasteiger partial charge in [-0.15, -0.1) is 0 Å². The van der Waals surface area contributed by atoms with E-state index in [2.05, 4.69) is 78.2 Å². The number of benzene rings is 3. The Morgan fingerprint density at radius 1 is 0.958 bits per heavy atom. The Morgan fingerprint density at radius 3 is 2.62 bits per heavy atom. The van der Waals surface area contributed by atoms with Crippen LogP contribution in [-0.2, 0) is 6.42 Å². The van der Waals surface area contributed by atoms with Crippen LogP contribution in [0.25, 0.3) is 10.8 Å². The van der Waals surface area contributed by atoms with Crippen molar-refractivity contribution in [1.82, 2.24) is 0 Å². The van der Waals surface area contributed by atoms with Crippen molar-refractivity contribution in [1.29, 1.82) is 0 Å². The van der Waals surface area contributed by atoms with Crippen molar-refractivity contribution in [2.75, 3.05) is 10.6 Å². The van der Waals surface area contributed by atoms with Gasteiger partial charge in [-0.3, -0.25) is 0 Å². The van der Waals surface area contributed by atoms with Crippen LogP contribution in [0.3, 0.4) is 0 Å². The Morgan fingerprint density at radius 2 is 1.75 bits per heavy atom. The van der Waals surface area contributed by atoms with Gasteiger partial charge in [0, 0.05) is 17.5 Å². The number of hydrogen-bond donors (Lipinski definition) is 2. The summed E-state index contributed by atoms with van der Waals surface area (Å²) >= 11 is 0. The topological polar surface area (TPSA) is 33.3 Å². The number of para-hydroxylation sites is 1. The van der Waals surface area contributed by atoms with Gasteiger partial charge in [0.1, 0.15) is 6.10 Å². The number of hydrogen-bond acceptors (Lipinski definition) is 3. The van der Waals surface area contributed by atoms with E-state index in [1.807, 2.05) is 0 Å². The fourth-order valence-electron chi connectivity index (χ4n) is 4.11. The molecule has 2 unspecified atom stereocenters. The minimum absolute atomic E-state index is 0.0724. The first-order chi connectivity index (χ1) is 11.8. The molecule has 0 aromatic heterocycles. The number of anilines is 2. The van der Waals surface area contributed by atoms with E-state index in [9.17, 15) is 0 Å². The van der Waals surface area contributed by atoms with E-state index in [4.69, 9.17) is 4.74 Å². The standard InChI is InChI=1S/C21H20N2O/c1-2-19-21(13-15-8-4-6-10-17(15)22-21)23-18-12-11-14-7-3-5-9-16(14)20(18)24-19/h3-12,19,22-23H,2,13H2,1H3. The molecule has 3 heteroatoms. The first-order valence-corrected chi connectivity index (χ1v) is 8.62. The van der Waals surface area contributed by atoms with E-state index in [-0.39, 0.29) is 11.8 Å². The van der Waals surface area contributed by atoms with Crippen LogP contribution in [-0.4, -0.2) is 11.8 Å². The molecule has 1 spiro atoms.